The van der Waals surface area contributed by atoms with E-state index < -0.39 is 0 Å². The molecule has 4 aromatic heterocycles. The second-order valence-electron chi connectivity index (χ2n) is 14.0. The molecule has 0 saturated carbocycles. The minimum Gasteiger partial charge on any atom is -0.253 e. The molecular weight excluding hydrogens is 713 g/mol. The van der Waals surface area contributed by atoms with Gasteiger partial charge in [-0.15, -0.1) is 0 Å². The Hall–Kier alpha value is -8.10. The second-order valence-corrected chi connectivity index (χ2v) is 14.0. The fourth-order valence-electron chi connectivity index (χ4n) is 7.73. The van der Waals surface area contributed by atoms with E-state index in [9.17, 15) is 0 Å². The van der Waals surface area contributed by atoms with Gasteiger partial charge in [0.1, 0.15) is 11.4 Å². The summed E-state index contributed by atoms with van der Waals surface area (Å²) in [5.41, 5.74) is 7.19. The smallest absolute Gasteiger partial charge is 0.182 e. The molecule has 0 radical (unpaired) electrons. The zero-order valence-electron chi connectivity index (χ0n) is 30.9. The lowest BCUT2D eigenvalue weighted by Gasteiger charge is -2.17. The van der Waals surface area contributed by atoms with Crippen LogP contribution in [0.1, 0.15) is 0 Å². The summed E-state index contributed by atoms with van der Waals surface area (Å²) < 4.78 is 0. The SMILES string of the molecule is c1ccc(-c2nc(-c3ccccc3)nc(-c3cccc(-c4ccc5ccc6c(-c7nc(-c8ccccn8)nc(-c8ccccn8)n7)ccc7ccc4c5c76)c3)n2)cc1. The Labute approximate surface area is 333 Å². The highest BCUT2D eigenvalue weighted by molar-refractivity contribution is 6.27. The fraction of sp³-hybridized carbons (Fsp3) is 0. The molecular formula is C50H30N8. The molecule has 8 heteroatoms. The van der Waals surface area contributed by atoms with E-state index in [4.69, 9.17) is 29.9 Å². The average molecular weight is 743 g/mol. The highest BCUT2D eigenvalue weighted by Gasteiger charge is 2.20. The van der Waals surface area contributed by atoms with Gasteiger partial charge in [-0.25, -0.2) is 29.9 Å². The quantitative estimate of drug-likeness (QED) is 0.149. The van der Waals surface area contributed by atoms with Gasteiger partial charge in [0.25, 0.3) is 0 Å². The Morgan fingerprint density at radius 3 is 1.26 bits per heavy atom. The number of hydrogen-bond acceptors (Lipinski definition) is 8. The first-order chi connectivity index (χ1) is 28.7. The van der Waals surface area contributed by atoms with Crippen LogP contribution in [0.3, 0.4) is 0 Å². The summed E-state index contributed by atoms with van der Waals surface area (Å²) in [6.07, 6.45) is 3.49. The van der Waals surface area contributed by atoms with Gasteiger partial charge in [0.2, 0.25) is 0 Å². The van der Waals surface area contributed by atoms with Crippen LogP contribution in [0.5, 0.6) is 0 Å². The second kappa shape index (κ2) is 13.9. The fourth-order valence-corrected chi connectivity index (χ4v) is 7.73. The Bertz CT molecular complexity index is 3150. The highest BCUT2D eigenvalue weighted by atomic mass is 15.1. The van der Waals surface area contributed by atoms with Crippen molar-refractivity contribution >= 4 is 32.3 Å². The predicted octanol–water partition coefficient (Wildman–Crippen LogP) is 11.4. The van der Waals surface area contributed by atoms with Crippen LogP contribution in [0, 0.1) is 0 Å². The molecule has 4 heterocycles. The van der Waals surface area contributed by atoms with E-state index in [0.29, 0.717) is 46.3 Å². The van der Waals surface area contributed by atoms with Crippen LogP contribution in [-0.2, 0) is 0 Å². The first-order valence-electron chi connectivity index (χ1n) is 19.0. The van der Waals surface area contributed by atoms with Crippen molar-refractivity contribution in [1.29, 1.82) is 0 Å². The maximum Gasteiger partial charge on any atom is 0.182 e. The molecule has 0 amide bonds. The van der Waals surface area contributed by atoms with Crippen LogP contribution in [0.4, 0.5) is 0 Å². The molecule has 0 aliphatic carbocycles. The van der Waals surface area contributed by atoms with Crippen molar-refractivity contribution in [2.24, 2.45) is 0 Å². The van der Waals surface area contributed by atoms with Crippen LogP contribution in [0.15, 0.2) is 182 Å². The van der Waals surface area contributed by atoms with Gasteiger partial charge < -0.3 is 0 Å². The lowest BCUT2D eigenvalue weighted by atomic mass is 9.88. The van der Waals surface area contributed by atoms with Crippen LogP contribution >= 0.6 is 0 Å². The summed E-state index contributed by atoms with van der Waals surface area (Å²) in [6.45, 7) is 0. The average Bonchev–Trinajstić information content (AvgIpc) is 3.31. The number of rotatable bonds is 7. The predicted molar refractivity (Wildman–Crippen MR) is 231 cm³/mol. The summed E-state index contributed by atoms with van der Waals surface area (Å²) in [4.78, 5) is 38.9. The highest BCUT2D eigenvalue weighted by Crippen LogP contribution is 2.42. The number of pyridine rings is 2. The van der Waals surface area contributed by atoms with Crippen LogP contribution < -0.4 is 0 Å². The summed E-state index contributed by atoms with van der Waals surface area (Å²) in [5, 5.41) is 6.83. The van der Waals surface area contributed by atoms with Gasteiger partial charge in [0.15, 0.2) is 34.9 Å². The van der Waals surface area contributed by atoms with Gasteiger partial charge >= 0.3 is 0 Å². The Balaban J connectivity index is 1.07. The van der Waals surface area contributed by atoms with E-state index in [1.54, 1.807) is 12.4 Å². The van der Waals surface area contributed by atoms with Gasteiger partial charge in [0, 0.05) is 34.6 Å². The van der Waals surface area contributed by atoms with Gasteiger partial charge in [-0.05, 0) is 79.8 Å². The third-order valence-corrected chi connectivity index (χ3v) is 10.5. The third-order valence-electron chi connectivity index (χ3n) is 10.5. The van der Waals surface area contributed by atoms with Gasteiger partial charge in [-0.1, -0.05) is 133 Å². The van der Waals surface area contributed by atoms with Gasteiger partial charge in [0.05, 0.1) is 0 Å². The molecule has 0 bridgehead atoms. The molecule has 0 aliphatic heterocycles. The molecule has 58 heavy (non-hydrogen) atoms. The summed E-state index contributed by atoms with van der Waals surface area (Å²) in [5.74, 6) is 3.42. The summed E-state index contributed by atoms with van der Waals surface area (Å²) in [6, 6.07) is 57.5. The van der Waals surface area contributed by atoms with E-state index in [1.807, 2.05) is 97.1 Å². The van der Waals surface area contributed by atoms with E-state index in [-0.39, 0.29) is 0 Å². The molecule has 0 N–H and O–H groups in total. The lowest BCUT2D eigenvalue weighted by molar-refractivity contribution is 1.05. The van der Waals surface area contributed by atoms with E-state index in [1.165, 1.54) is 5.39 Å². The Morgan fingerprint density at radius 2 is 0.707 bits per heavy atom. The molecule has 0 saturated heterocycles. The zero-order chi connectivity index (χ0) is 38.4. The van der Waals surface area contributed by atoms with Gasteiger partial charge in [-0.3, -0.25) is 9.97 Å². The number of nitrogens with zero attached hydrogens (tertiary/aromatic N) is 8. The minimum absolute atomic E-state index is 0.490. The first kappa shape index (κ1) is 33.3. The normalized spacial score (nSPS) is 11.4. The lowest BCUT2D eigenvalue weighted by Crippen LogP contribution is -2.02. The number of hydrogen-bond donors (Lipinski definition) is 0. The molecule has 11 aromatic rings. The molecule has 11 rings (SSSR count). The largest absolute Gasteiger partial charge is 0.253 e. The van der Waals surface area contributed by atoms with Crippen molar-refractivity contribution in [3.05, 3.63) is 182 Å². The molecule has 7 aromatic carbocycles. The molecule has 270 valence electrons. The molecule has 0 atom stereocenters. The maximum absolute atomic E-state index is 5.01. The Kier molecular flexibility index (Phi) is 7.96. The van der Waals surface area contributed by atoms with Crippen molar-refractivity contribution in [2.75, 3.05) is 0 Å². The first-order valence-corrected chi connectivity index (χ1v) is 19.0. The monoisotopic (exact) mass is 742 g/mol. The molecule has 0 aliphatic rings. The molecule has 8 nitrogen and oxygen atoms in total. The van der Waals surface area contributed by atoms with Crippen molar-refractivity contribution < 1.29 is 0 Å². The molecule has 0 fully saturated rings. The Morgan fingerprint density at radius 1 is 0.276 bits per heavy atom. The van der Waals surface area contributed by atoms with Gasteiger partial charge in [-0.2, -0.15) is 0 Å². The summed E-state index contributed by atoms with van der Waals surface area (Å²) in [7, 11) is 0. The third kappa shape index (κ3) is 5.88. The van der Waals surface area contributed by atoms with Crippen LogP contribution in [0.25, 0.3) is 112 Å². The van der Waals surface area contributed by atoms with Crippen molar-refractivity contribution in [2.45, 2.75) is 0 Å². The topological polar surface area (TPSA) is 103 Å². The molecule has 0 unspecified atom stereocenters. The number of benzene rings is 7. The van der Waals surface area contributed by atoms with Crippen molar-refractivity contribution in [3.63, 3.8) is 0 Å². The van der Waals surface area contributed by atoms with E-state index in [0.717, 1.165) is 60.3 Å². The van der Waals surface area contributed by atoms with E-state index in [2.05, 4.69) is 82.8 Å². The van der Waals surface area contributed by atoms with Crippen LogP contribution in [0.2, 0.25) is 0 Å². The van der Waals surface area contributed by atoms with Crippen LogP contribution in [-0.4, -0.2) is 39.9 Å². The minimum atomic E-state index is 0.490. The summed E-state index contributed by atoms with van der Waals surface area (Å²) >= 11 is 0. The van der Waals surface area contributed by atoms with Crippen molar-refractivity contribution in [3.8, 4) is 79.7 Å². The zero-order valence-corrected chi connectivity index (χ0v) is 30.9. The maximum atomic E-state index is 5.01. The standard InChI is InChI=1S/C50H30N8/c1-3-12-33(13-4-1)45-53-46(34-14-5-2-6-15-34)55-47(54-45)36-17-11-16-35(30-36)37-24-20-31-22-26-39-40(27-23-32-21-25-38(37)43(31)44(32)39)48-56-49(41-18-7-9-28-51-41)58-50(57-48)42-19-8-10-29-52-42/h1-30H. The van der Waals surface area contributed by atoms with E-state index >= 15 is 0 Å². The molecule has 0 spiro atoms. The number of aromatic nitrogens is 8. The van der Waals surface area contributed by atoms with Crippen molar-refractivity contribution in [1.82, 2.24) is 39.9 Å².